The average molecular weight is 348 g/mol. The number of benzene rings is 2. The Bertz CT molecular complexity index is 943. The van der Waals surface area contributed by atoms with Gasteiger partial charge >= 0.3 is 0 Å². The summed E-state index contributed by atoms with van der Waals surface area (Å²) in [6.45, 7) is 0.667. The van der Waals surface area contributed by atoms with E-state index in [9.17, 15) is 9.18 Å². The lowest BCUT2D eigenvalue weighted by molar-refractivity contribution is 0.0980. The van der Waals surface area contributed by atoms with Crippen molar-refractivity contribution in [2.75, 3.05) is 16.8 Å². The van der Waals surface area contributed by atoms with Crippen molar-refractivity contribution in [2.24, 2.45) is 0 Å². The van der Waals surface area contributed by atoms with Gasteiger partial charge in [-0.1, -0.05) is 24.3 Å². The smallest absolute Gasteiger partial charge is 0.278 e. The first-order chi connectivity index (χ1) is 12.7. The van der Waals surface area contributed by atoms with Crippen LogP contribution in [-0.2, 0) is 6.42 Å². The number of nitrogens with one attached hydrogen (secondary N) is 1. The van der Waals surface area contributed by atoms with Crippen LogP contribution in [0.2, 0.25) is 0 Å². The van der Waals surface area contributed by atoms with Gasteiger partial charge in [-0.2, -0.15) is 0 Å². The number of fused-ring (bicyclic) bond motifs is 1. The topological polar surface area (TPSA) is 58.1 Å². The van der Waals surface area contributed by atoms with E-state index in [-0.39, 0.29) is 17.4 Å². The van der Waals surface area contributed by atoms with Gasteiger partial charge in [0.25, 0.3) is 5.91 Å². The van der Waals surface area contributed by atoms with Crippen LogP contribution in [0.15, 0.2) is 60.9 Å². The molecule has 1 amide bonds. The Balaban J connectivity index is 1.53. The monoisotopic (exact) mass is 348 g/mol. The van der Waals surface area contributed by atoms with Gasteiger partial charge in [0.2, 0.25) is 0 Å². The Morgan fingerprint density at radius 1 is 1.08 bits per heavy atom. The zero-order valence-corrected chi connectivity index (χ0v) is 14.0. The van der Waals surface area contributed by atoms with E-state index in [2.05, 4.69) is 15.3 Å². The fourth-order valence-corrected chi connectivity index (χ4v) is 3.10. The van der Waals surface area contributed by atoms with Crippen LogP contribution in [0.5, 0.6) is 0 Å². The van der Waals surface area contributed by atoms with Crippen LogP contribution in [0, 0.1) is 5.82 Å². The minimum Gasteiger partial charge on any atom is -0.339 e. The van der Waals surface area contributed by atoms with Crippen LogP contribution in [0.1, 0.15) is 22.5 Å². The van der Waals surface area contributed by atoms with Gasteiger partial charge in [-0.15, -0.1) is 0 Å². The Kier molecular flexibility index (Phi) is 4.31. The molecular formula is C20H17FN4O. The molecule has 0 saturated heterocycles. The minimum absolute atomic E-state index is 0.165. The van der Waals surface area contributed by atoms with E-state index >= 15 is 0 Å². The normalized spacial score (nSPS) is 13.2. The van der Waals surface area contributed by atoms with Crippen molar-refractivity contribution in [3.8, 4) is 0 Å². The molecule has 1 aromatic heterocycles. The Morgan fingerprint density at radius 3 is 2.77 bits per heavy atom. The maximum atomic E-state index is 13.2. The van der Waals surface area contributed by atoms with Crippen molar-refractivity contribution >= 4 is 23.1 Å². The summed E-state index contributed by atoms with van der Waals surface area (Å²) in [7, 11) is 0. The molecule has 1 aliphatic rings. The number of carbonyl (C=O) groups is 1. The zero-order chi connectivity index (χ0) is 17.9. The van der Waals surface area contributed by atoms with Crippen molar-refractivity contribution in [1.29, 1.82) is 0 Å². The third-order valence-corrected chi connectivity index (χ3v) is 4.32. The summed E-state index contributed by atoms with van der Waals surface area (Å²) in [6.07, 6.45) is 4.83. The standard InChI is InChI=1S/C20H17FN4O/c21-15-7-3-8-16(11-15)24-19-13-22-17(12-23-19)20(26)25-10-4-6-14-5-1-2-9-18(14)25/h1-3,5,7-9,11-13H,4,6,10H2,(H,23,24). The van der Waals surface area contributed by atoms with Crippen LogP contribution >= 0.6 is 0 Å². The first-order valence-electron chi connectivity index (χ1n) is 8.45. The number of nitrogens with zero attached hydrogens (tertiary/aromatic N) is 3. The number of anilines is 3. The highest BCUT2D eigenvalue weighted by molar-refractivity contribution is 6.05. The van der Waals surface area contributed by atoms with E-state index in [1.165, 1.54) is 30.1 Å². The molecule has 0 radical (unpaired) electrons. The van der Waals surface area contributed by atoms with Crippen LogP contribution in [0.4, 0.5) is 21.6 Å². The molecular weight excluding hydrogens is 331 g/mol. The van der Waals surface area contributed by atoms with E-state index in [0.717, 1.165) is 18.5 Å². The molecule has 0 atom stereocenters. The highest BCUT2D eigenvalue weighted by Gasteiger charge is 2.24. The number of halogens is 1. The predicted molar refractivity (Wildman–Crippen MR) is 98.2 cm³/mol. The van der Waals surface area contributed by atoms with Crippen molar-refractivity contribution in [3.05, 3.63) is 78.0 Å². The number of hydrogen-bond acceptors (Lipinski definition) is 4. The first-order valence-corrected chi connectivity index (χ1v) is 8.45. The highest BCUT2D eigenvalue weighted by atomic mass is 19.1. The van der Waals surface area contributed by atoms with Crippen LogP contribution in [-0.4, -0.2) is 22.4 Å². The number of aromatic nitrogens is 2. The summed E-state index contributed by atoms with van der Waals surface area (Å²) >= 11 is 0. The lowest BCUT2D eigenvalue weighted by atomic mass is 10.0. The molecule has 0 aliphatic carbocycles. The number of amides is 1. The Hall–Kier alpha value is -3.28. The van der Waals surface area contributed by atoms with Gasteiger partial charge in [0.15, 0.2) is 0 Å². The third kappa shape index (κ3) is 3.26. The molecule has 0 bridgehead atoms. The summed E-state index contributed by atoms with van der Waals surface area (Å²) < 4.78 is 13.2. The van der Waals surface area contributed by atoms with Gasteiger partial charge in [-0.25, -0.2) is 14.4 Å². The number of para-hydroxylation sites is 1. The summed E-state index contributed by atoms with van der Waals surface area (Å²) in [4.78, 5) is 23.0. The summed E-state index contributed by atoms with van der Waals surface area (Å²) in [5.74, 6) is -0.0494. The fourth-order valence-electron chi connectivity index (χ4n) is 3.10. The second-order valence-corrected chi connectivity index (χ2v) is 6.11. The van der Waals surface area contributed by atoms with Crippen molar-refractivity contribution in [2.45, 2.75) is 12.8 Å². The number of aryl methyl sites for hydroxylation is 1. The molecule has 4 rings (SSSR count). The lowest BCUT2D eigenvalue weighted by Crippen LogP contribution is -2.36. The Labute approximate surface area is 150 Å². The largest absolute Gasteiger partial charge is 0.339 e. The zero-order valence-electron chi connectivity index (χ0n) is 14.0. The van der Waals surface area contributed by atoms with Crippen LogP contribution < -0.4 is 10.2 Å². The quantitative estimate of drug-likeness (QED) is 0.779. The van der Waals surface area contributed by atoms with E-state index in [4.69, 9.17) is 0 Å². The second-order valence-electron chi connectivity index (χ2n) is 6.11. The maximum absolute atomic E-state index is 13.2. The molecule has 0 spiro atoms. The van der Waals surface area contributed by atoms with E-state index < -0.39 is 0 Å². The van der Waals surface area contributed by atoms with Gasteiger partial charge in [-0.05, 0) is 42.7 Å². The number of rotatable bonds is 3. The van der Waals surface area contributed by atoms with E-state index in [1.807, 2.05) is 24.3 Å². The molecule has 2 heterocycles. The van der Waals surface area contributed by atoms with Crippen LogP contribution in [0.3, 0.4) is 0 Å². The molecule has 6 heteroatoms. The number of hydrogen-bond donors (Lipinski definition) is 1. The number of carbonyl (C=O) groups excluding carboxylic acids is 1. The molecule has 130 valence electrons. The molecule has 1 N–H and O–H groups in total. The fraction of sp³-hybridized carbons (Fsp3) is 0.150. The molecule has 3 aromatic rings. The van der Waals surface area contributed by atoms with Gasteiger partial charge in [0.1, 0.15) is 17.3 Å². The maximum Gasteiger partial charge on any atom is 0.278 e. The van der Waals surface area contributed by atoms with Crippen molar-refractivity contribution in [3.63, 3.8) is 0 Å². The van der Waals surface area contributed by atoms with E-state index in [1.54, 1.807) is 17.0 Å². The lowest BCUT2D eigenvalue weighted by Gasteiger charge is -2.29. The third-order valence-electron chi connectivity index (χ3n) is 4.32. The molecule has 0 unspecified atom stereocenters. The first kappa shape index (κ1) is 16.2. The average Bonchev–Trinajstić information content (AvgIpc) is 2.68. The molecule has 0 saturated carbocycles. The van der Waals surface area contributed by atoms with Gasteiger partial charge in [0, 0.05) is 17.9 Å². The van der Waals surface area contributed by atoms with Gasteiger partial charge in [-0.3, -0.25) is 4.79 Å². The van der Waals surface area contributed by atoms with Gasteiger partial charge in [0.05, 0.1) is 12.4 Å². The molecule has 5 nitrogen and oxygen atoms in total. The molecule has 2 aromatic carbocycles. The predicted octanol–water partition coefficient (Wildman–Crippen LogP) is 3.95. The highest BCUT2D eigenvalue weighted by Crippen LogP contribution is 2.27. The summed E-state index contributed by atoms with van der Waals surface area (Å²) in [5, 5.41) is 2.97. The summed E-state index contributed by atoms with van der Waals surface area (Å²) in [6, 6.07) is 14.0. The van der Waals surface area contributed by atoms with Crippen molar-refractivity contribution in [1.82, 2.24) is 9.97 Å². The Morgan fingerprint density at radius 2 is 1.96 bits per heavy atom. The molecule has 0 fully saturated rings. The van der Waals surface area contributed by atoms with E-state index in [0.29, 0.717) is 18.1 Å². The SMILES string of the molecule is O=C(c1cnc(Nc2cccc(F)c2)cn1)N1CCCc2ccccc21. The molecule has 1 aliphatic heterocycles. The molecule has 26 heavy (non-hydrogen) atoms. The second kappa shape index (κ2) is 6.92. The van der Waals surface area contributed by atoms with Gasteiger partial charge < -0.3 is 10.2 Å². The van der Waals surface area contributed by atoms with Crippen LogP contribution in [0.25, 0.3) is 0 Å². The summed E-state index contributed by atoms with van der Waals surface area (Å²) in [5.41, 5.74) is 2.96. The minimum atomic E-state index is -0.335. The van der Waals surface area contributed by atoms with Crippen molar-refractivity contribution < 1.29 is 9.18 Å².